The topological polar surface area (TPSA) is 103 Å². The molecule has 3 aromatic heterocycles. The fraction of sp³-hybridized carbons (Fsp3) is 0.185. The first-order valence-corrected chi connectivity index (χ1v) is 11.9. The number of alkyl halides is 1. The summed E-state index contributed by atoms with van der Waals surface area (Å²) < 4.78 is 13.4. The molecule has 2 aromatic carbocycles. The van der Waals surface area contributed by atoms with E-state index in [2.05, 4.69) is 30.5 Å². The lowest BCUT2D eigenvalue weighted by Crippen LogP contribution is -2.39. The number of likely N-dealkylation sites (tertiary alicyclic amines) is 1. The number of rotatable bonds is 5. The molecule has 8 nitrogen and oxygen atoms in total. The van der Waals surface area contributed by atoms with Crippen LogP contribution in [-0.4, -0.2) is 55.2 Å². The zero-order valence-corrected chi connectivity index (χ0v) is 19.4. The summed E-state index contributed by atoms with van der Waals surface area (Å²) in [7, 11) is 0. The van der Waals surface area contributed by atoms with Gasteiger partial charge >= 0.3 is 0 Å². The smallest absolute Gasteiger partial charge is 0.270 e. The summed E-state index contributed by atoms with van der Waals surface area (Å²) >= 11 is 0. The maximum absolute atomic E-state index is 13.4. The van der Waals surface area contributed by atoms with Crippen LogP contribution in [0.5, 0.6) is 0 Å². The summed E-state index contributed by atoms with van der Waals surface area (Å²) in [6.45, 7) is 0.889. The van der Waals surface area contributed by atoms with Gasteiger partial charge in [-0.3, -0.25) is 9.89 Å². The number of aromatic amines is 2. The highest BCUT2D eigenvalue weighted by Gasteiger charge is 2.24. The van der Waals surface area contributed by atoms with Crippen molar-refractivity contribution in [1.29, 1.82) is 0 Å². The number of benzene rings is 2. The second-order valence-corrected chi connectivity index (χ2v) is 8.91. The van der Waals surface area contributed by atoms with Crippen molar-refractivity contribution in [3.8, 4) is 22.5 Å². The number of amides is 1. The summed E-state index contributed by atoms with van der Waals surface area (Å²) in [4.78, 5) is 26.9. The first-order chi connectivity index (χ1) is 17.6. The fourth-order valence-corrected chi connectivity index (χ4v) is 4.47. The molecule has 1 saturated heterocycles. The van der Waals surface area contributed by atoms with Crippen LogP contribution < -0.4 is 5.32 Å². The zero-order valence-electron chi connectivity index (χ0n) is 19.4. The van der Waals surface area contributed by atoms with Gasteiger partial charge in [-0.1, -0.05) is 24.3 Å². The van der Waals surface area contributed by atoms with E-state index in [0.717, 1.165) is 33.3 Å². The molecule has 180 valence electrons. The minimum absolute atomic E-state index is 0.0964. The van der Waals surface area contributed by atoms with E-state index in [9.17, 15) is 9.18 Å². The minimum atomic E-state index is -0.814. The highest BCUT2D eigenvalue weighted by atomic mass is 19.1. The van der Waals surface area contributed by atoms with Crippen molar-refractivity contribution < 1.29 is 9.18 Å². The number of halogens is 1. The number of nitrogens with one attached hydrogen (secondary N) is 3. The van der Waals surface area contributed by atoms with Gasteiger partial charge in [0.25, 0.3) is 5.91 Å². The number of fused-ring (bicyclic) bond motifs is 1. The molecule has 1 aliphatic rings. The van der Waals surface area contributed by atoms with Gasteiger partial charge in [-0.15, -0.1) is 0 Å². The van der Waals surface area contributed by atoms with Gasteiger partial charge in [0.15, 0.2) is 5.82 Å². The van der Waals surface area contributed by atoms with Crippen LogP contribution in [0.15, 0.2) is 73.2 Å². The third-order valence-electron chi connectivity index (χ3n) is 6.47. The van der Waals surface area contributed by atoms with E-state index in [4.69, 9.17) is 0 Å². The molecule has 36 heavy (non-hydrogen) atoms. The van der Waals surface area contributed by atoms with Crippen LogP contribution in [0.25, 0.3) is 33.4 Å². The third kappa shape index (κ3) is 4.43. The second-order valence-electron chi connectivity index (χ2n) is 8.91. The van der Waals surface area contributed by atoms with Gasteiger partial charge in [-0.2, -0.15) is 5.10 Å². The van der Waals surface area contributed by atoms with E-state index in [0.29, 0.717) is 43.3 Å². The molecule has 0 unspecified atom stereocenters. The van der Waals surface area contributed by atoms with E-state index < -0.39 is 6.17 Å². The van der Waals surface area contributed by atoms with Gasteiger partial charge in [-0.25, -0.2) is 14.4 Å². The minimum Gasteiger partial charge on any atom is -0.351 e. The van der Waals surface area contributed by atoms with Crippen LogP contribution >= 0.6 is 0 Å². The molecule has 0 saturated carbocycles. The molecule has 0 atom stereocenters. The number of piperidine rings is 1. The number of anilines is 2. The highest BCUT2D eigenvalue weighted by molar-refractivity contribution is 5.98. The highest BCUT2D eigenvalue weighted by Crippen LogP contribution is 2.26. The molecular weight excluding hydrogens is 457 g/mol. The van der Waals surface area contributed by atoms with Crippen molar-refractivity contribution >= 4 is 28.3 Å². The lowest BCUT2D eigenvalue weighted by molar-refractivity contribution is 0.0662. The monoisotopic (exact) mass is 481 g/mol. The molecule has 3 N–H and O–H groups in total. The lowest BCUT2D eigenvalue weighted by Gasteiger charge is -2.28. The Morgan fingerprint density at radius 3 is 2.58 bits per heavy atom. The average molecular weight is 482 g/mol. The normalized spacial score (nSPS) is 14.3. The molecule has 4 heterocycles. The van der Waals surface area contributed by atoms with Crippen LogP contribution in [0.2, 0.25) is 0 Å². The maximum Gasteiger partial charge on any atom is 0.270 e. The Bertz CT molecular complexity index is 1500. The third-order valence-corrected chi connectivity index (χ3v) is 6.47. The van der Waals surface area contributed by atoms with E-state index >= 15 is 0 Å². The van der Waals surface area contributed by atoms with Crippen LogP contribution in [0.1, 0.15) is 23.3 Å². The number of carbonyl (C=O) groups excluding carboxylic acids is 1. The summed E-state index contributed by atoms with van der Waals surface area (Å²) in [5, 5.41) is 11.1. The number of hydrogen-bond acceptors (Lipinski definition) is 5. The first kappa shape index (κ1) is 22.0. The Labute approximate surface area is 206 Å². The molecule has 5 aromatic rings. The van der Waals surface area contributed by atoms with Crippen molar-refractivity contribution in [3.63, 3.8) is 0 Å². The molecule has 1 aliphatic heterocycles. The predicted octanol–water partition coefficient (Wildman–Crippen LogP) is 5.33. The Morgan fingerprint density at radius 2 is 1.81 bits per heavy atom. The zero-order chi connectivity index (χ0) is 24.5. The lowest BCUT2D eigenvalue weighted by atomic mass is 10.1. The van der Waals surface area contributed by atoms with Gasteiger partial charge < -0.3 is 15.2 Å². The molecule has 9 heteroatoms. The number of carbonyl (C=O) groups is 1. The molecular formula is C27H24FN7O. The van der Waals surface area contributed by atoms with Crippen molar-refractivity contribution in [2.24, 2.45) is 0 Å². The van der Waals surface area contributed by atoms with Crippen molar-refractivity contribution in [2.45, 2.75) is 19.0 Å². The molecule has 0 bridgehead atoms. The first-order valence-electron chi connectivity index (χ1n) is 11.9. The number of nitrogens with zero attached hydrogens (tertiary/aromatic N) is 4. The largest absolute Gasteiger partial charge is 0.351 e. The van der Waals surface area contributed by atoms with Crippen molar-refractivity contribution in [3.05, 3.63) is 78.9 Å². The molecule has 0 spiro atoms. The van der Waals surface area contributed by atoms with Crippen LogP contribution in [0.3, 0.4) is 0 Å². The van der Waals surface area contributed by atoms with Crippen molar-refractivity contribution in [2.75, 3.05) is 18.4 Å². The Balaban J connectivity index is 1.20. The molecule has 1 fully saturated rings. The van der Waals surface area contributed by atoms with Crippen LogP contribution in [-0.2, 0) is 0 Å². The summed E-state index contributed by atoms with van der Waals surface area (Å²) in [6, 6.07) is 17.5. The maximum atomic E-state index is 13.4. The van der Waals surface area contributed by atoms with Gasteiger partial charge in [-0.05, 0) is 48.7 Å². The number of H-pyrrole nitrogens is 2. The van der Waals surface area contributed by atoms with E-state index in [1.165, 1.54) is 0 Å². The molecule has 0 aliphatic carbocycles. The fourth-order valence-electron chi connectivity index (χ4n) is 4.47. The SMILES string of the molecule is O=C(c1cc2ccc(-c3nccc(Nc4ccc(-c5cn[nH]c5)cc4)n3)cc2[nH]1)N1CCC(F)CC1. The van der Waals surface area contributed by atoms with Crippen molar-refractivity contribution in [1.82, 2.24) is 30.0 Å². The summed E-state index contributed by atoms with van der Waals surface area (Å²) in [6.07, 6.45) is 5.33. The van der Waals surface area contributed by atoms with Gasteiger partial charge in [0.2, 0.25) is 0 Å². The number of hydrogen-bond donors (Lipinski definition) is 3. The Kier molecular flexibility index (Phi) is 5.65. The van der Waals surface area contributed by atoms with Crippen LogP contribution in [0, 0.1) is 0 Å². The second kappa shape index (κ2) is 9.26. The summed E-state index contributed by atoms with van der Waals surface area (Å²) in [5.74, 6) is 1.15. The Hall–Kier alpha value is -4.53. The molecule has 6 rings (SSSR count). The average Bonchev–Trinajstić information content (AvgIpc) is 3.59. The summed E-state index contributed by atoms with van der Waals surface area (Å²) in [5.41, 5.74) is 5.18. The van der Waals surface area contributed by atoms with Gasteiger partial charge in [0, 0.05) is 53.2 Å². The molecule has 0 radical (unpaired) electrons. The predicted molar refractivity (Wildman–Crippen MR) is 137 cm³/mol. The van der Waals surface area contributed by atoms with E-state index in [-0.39, 0.29) is 5.91 Å². The van der Waals surface area contributed by atoms with Crippen LogP contribution in [0.4, 0.5) is 15.9 Å². The number of aromatic nitrogens is 5. The van der Waals surface area contributed by atoms with E-state index in [1.54, 1.807) is 17.3 Å². The standard InChI is InChI=1S/C27H24FN7O/c28-21-8-11-35(12-9-21)27(36)24-13-18-1-2-19(14-23(18)33-24)26-29-10-7-25(34-26)32-22-5-3-17(4-6-22)20-15-30-31-16-20/h1-7,10,13-16,21,33H,8-9,11-12H2,(H,30,31)(H,29,32,34). The Morgan fingerprint density at radius 1 is 1.00 bits per heavy atom. The quantitative estimate of drug-likeness (QED) is 0.315. The van der Waals surface area contributed by atoms with E-state index in [1.807, 2.05) is 60.8 Å². The van der Waals surface area contributed by atoms with Gasteiger partial charge in [0.05, 0.1) is 6.20 Å². The van der Waals surface area contributed by atoms with Gasteiger partial charge in [0.1, 0.15) is 17.7 Å². The molecule has 1 amide bonds.